The molecule has 3 nitrogen and oxygen atoms in total. The van der Waals surface area contributed by atoms with Gasteiger partial charge in [-0.15, -0.1) is 0 Å². The fourth-order valence-electron chi connectivity index (χ4n) is 1.47. The molecule has 0 amide bonds. The van der Waals surface area contributed by atoms with Gasteiger partial charge in [0.05, 0.1) is 6.61 Å². The van der Waals surface area contributed by atoms with Crippen LogP contribution in [0, 0.1) is 5.92 Å². The predicted octanol–water partition coefficient (Wildman–Crippen LogP) is 1.33. The fraction of sp³-hybridized carbons (Fsp3) is 1.00. The molecule has 0 aliphatic rings. The van der Waals surface area contributed by atoms with Crippen LogP contribution in [0.15, 0.2) is 0 Å². The molecule has 0 saturated carbocycles. The van der Waals surface area contributed by atoms with Crippen LogP contribution in [-0.4, -0.2) is 43.8 Å². The van der Waals surface area contributed by atoms with Crippen molar-refractivity contribution in [1.29, 1.82) is 0 Å². The molecule has 0 fully saturated rings. The Kier molecular flexibility index (Phi) is 7.15. The van der Waals surface area contributed by atoms with E-state index >= 15 is 0 Å². The van der Waals surface area contributed by atoms with Gasteiger partial charge in [0.15, 0.2) is 0 Å². The minimum absolute atomic E-state index is 0.214. The minimum Gasteiger partial charge on any atom is -0.383 e. The summed E-state index contributed by atoms with van der Waals surface area (Å²) < 4.78 is 5.10. The molecule has 2 N–H and O–H groups in total. The second kappa shape index (κ2) is 7.21. The summed E-state index contributed by atoms with van der Waals surface area (Å²) in [5, 5.41) is 0. The monoisotopic (exact) mass is 202 g/mol. The van der Waals surface area contributed by atoms with Crippen LogP contribution in [0.5, 0.6) is 0 Å². The van der Waals surface area contributed by atoms with Crippen molar-refractivity contribution < 1.29 is 4.74 Å². The maximum atomic E-state index is 5.90. The van der Waals surface area contributed by atoms with Gasteiger partial charge < -0.3 is 10.5 Å². The first-order chi connectivity index (χ1) is 6.49. The first kappa shape index (κ1) is 13.9. The lowest BCUT2D eigenvalue weighted by Crippen LogP contribution is -2.47. The van der Waals surface area contributed by atoms with Crippen LogP contribution in [-0.2, 0) is 4.74 Å². The molecule has 0 aromatic carbocycles. The summed E-state index contributed by atoms with van der Waals surface area (Å²) >= 11 is 0. The molecule has 0 aliphatic heterocycles. The maximum Gasteiger partial charge on any atom is 0.0589 e. The van der Waals surface area contributed by atoms with Gasteiger partial charge in [0, 0.05) is 32.3 Å². The Balaban J connectivity index is 4.08. The molecule has 0 rings (SSSR count). The van der Waals surface area contributed by atoms with E-state index < -0.39 is 0 Å². The Morgan fingerprint density at radius 2 is 1.79 bits per heavy atom. The van der Waals surface area contributed by atoms with E-state index in [0.717, 1.165) is 19.7 Å². The number of hydrogen-bond donors (Lipinski definition) is 1. The van der Waals surface area contributed by atoms with Gasteiger partial charge >= 0.3 is 0 Å². The average molecular weight is 202 g/mol. The van der Waals surface area contributed by atoms with Crippen molar-refractivity contribution in [3.63, 3.8) is 0 Å². The fourth-order valence-corrected chi connectivity index (χ4v) is 1.47. The Labute approximate surface area is 88.6 Å². The lowest BCUT2D eigenvalue weighted by molar-refractivity contribution is 0.107. The van der Waals surface area contributed by atoms with Crippen molar-refractivity contribution in [2.75, 3.05) is 26.8 Å². The Morgan fingerprint density at radius 3 is 2.14 bits per heavy atom. The summed E-state index contributed by atoms with van der Waals surface area (Å²) in [7, 11) is 1.74. The highest BCUT2D eigenvalue weighted by atomic mass is 16.5. The second-order valence-corrected chi connectivity index (χ2v) is 4.48. The molecule has 0 aromatic rings. The van der Waals surface area contributed by atoms with Crippen molar-refractivity contribution >= 4 is 0 Å². The molecule has 0 aromatic heterocycles. The van der Waals surface area contributed by atoms with E-state index in [2.05, 4.69) is 32.6 Å². The molecule has 0 saturated heterocycles. The van der Waals surface area contributed by atoms with Crippen LogP contribution in [0.25, 0.3) is 0 Å². The summed E-state index contributed by atoms with van der Waals surface area (Å²) in [6, 6.07) is 0.637. The first-order valence-corrected chi connectivity index (χ1v) is 5.47. The van der Waals surface area contributed by atoms with Gasteiger partial charge in [-0.25, -0.2) is 0 Å². The Bertz CT molecular complexity index is 137. The lowest BCUT2D eigenvalue weighted by Gasteiger charge is -2.32. The van der Waals surface area contributed by atoms with Crippen LogP contribution >= 0.6 is 0 Å². The molecule has 0 spiro atoms. The van der Waals surface area contributed by atoms with Crippen LogP contribution in [0.4, 0.5) is 0 Å². The molecule has 2 atom stereocenters. The van der Waals surface area contributed by atoms with Crippen LogP contribution in [0.2, 0.25) is 0 Å². The smallest absolute Gasteiger partial charge is 0.0589 e. The molecule has 86 valence electrons. The number of hydrogen-bond acceptors (Lipinski definition) is 3. The van der Waals surface area contributed by atoms with Crippen molar-refractivity contribution in [3.05, 3.63) is 0 Å². The van der Waals surface area contributed by atoms with Crippen molar-refractivity contribution in [3.8, 4) is 0 Å². The Hall–Kier alpha value is -0.120. The maximum absolute atomic E-state index is 5.90. The van der Waals surface area contributed by atoms with Gasteiger partial charge in [-0.05, 0) is 19.8 Å². The van der Waals surface area contributed by atoms with Crippen molar-refractivity contribution in [1.82, 2.24) is 4.90 Å². The minimum atomic E-state index is 0.214. The third-order valence-electron chi connectivity index (χ3n) is 2.52. The second-order valence-electron chi connectivity index (χ2n) is 4.48. The summed E-state index contributed by atoms with van der Waals surface area (Å²) in [5.41, 5.74) is 5.90. The summed E-state index contributed by atoms with van der Waals surface area (Å²) in [6.07, 6.45) is 0. The molecule has 2 unspecified atom stereocenters. The van der Waals surface area contributed by atoms with E-state index in [1.807, 2.05) is 0 Å². The zero-order valence-electron chi connectivity index (χ0n) is 10.3. The predicted molar refractivity (Wildman–Crippen MR) is 61.4 cm³/mol. The van der Waals surface area contributed by atoms with Crippen LogP contribution in [0.1, 0.15) is 27.7 Å². The molecule has 0 aliphatic carbocycles. The molecular formula is C11H26N2O. The zero-order chi connectivity index (χ0) is 11.1. The number of nitrogens with two attached hydrogens (primary N) is 1. The highest BCUT2D eigenvalue weighted by Crippen LogP contribution is 2.06. The zero-order valence-corrected chi connectivity index (χ0v) is 10.3. The third-order valence-corrected chi connectivity index (χ3v) is 2.52. The normalized spacial score (nSPS) is 16.3. The molecule has 14 heavy (non-hydrogen) atoms. The van der Waals surface area contributed by atoms with Gasteiger partial charge in [-0.3, -0.25) is 4.90 Å². The van der Waals surface area contributed by atoms with Gasteiger partial charge in [0.25, 0.3) is 0 Å². The molecule has 0 bridgehead atoms. The molecule has 3 heteroatoms. The lowest BCUT2D eigenvalue weighted by atomic mass is 10.1. The highest BCUT2D eigenvalue weighted by Gasteiger charge is 2.17. The van der Waals surface area contributed by atoms with E-state index in [1.54, 1.807) is 7.11 Å². The van der Waals surface area contributed by atoms with Gasteiger partial charge in [0.1, 0.15) is 0 Å². The van der Waals surface area contributed by atoms with Gasteiger partial charge in [-0.2, -0.15) is 0 Å². The summed E-state index contributed by atoms with van der Waals surface area (Å²) in [4.78, 5) is 2.40. The topological polar surface area (TPSA) is 38.5 Å². The number of methoxy groups -OCH3 is 1. The number of rotatable bonds is 7. The van der Waals surface area contributed by atoms with E-state index in [1.165, 1.54) is 0 Å². The number of nitrogens with zero attached hydrogens (tertiary/aromatic N) is 1. The molecular weight excluding hydrogens is 176 g/mol. The van der Waals surface area contributed by atoms with E-state index in [9.17, 15) is 0 Å². The van der Waals surface area contributed by atoms with Crippen LogP contribution in [0.3, 0.4) is 0 Å². The Morgan fingerprint density at radius 1 is 1.21 bits per heavy atom. The van der Waals surface area contributed by atoms with Gasteiger partial charge in [-0.1, -0.05) is 13.8 Å². The third kappa shape index (κ3) is 5.58. The quantitative estimate of drug-likeness (QED) is 0.677. The first-order valence-electron chi connectivity index (χ1n) is 5.47. The summed E-state index contributed by atoms with van der Waals surface area (Å²) in [6.45, 7) is 11.5. The van der Waals surface area contributed by atoms with Gasteiger partial charge in [0.2, 0.25) is 0 Å². The van der Waals surface area contributed by atoms with Crippen molar-refractivity contribution in [2.45, 2.75) is 39.8 Å². The summed E-state index contributed by atoms with van der Waals surface area (Å²) in [5.74, 6) is 0.674. The van der Waals surface area contributed by atoms with E-state index in [-0.39, 0.29) is 6.04 Å². The number of ether oxygens (including phenoxy) is 1. The molecule has 0 heterocycles. The SMILES string of the molecule is COCCN(CC(C)C)C(C)C(C)N. The van der Waals surface area contributed by atoms with Crippen molar-refractivity contribution in [2.24, 2.45) is 11.7 Å². The van der Waals surface area contributed by atoms with E-state index in [0.29, 0.717) is 12.0 Å². The highest BCUT2D eigenvalue weighted by molar-refractivity contribution is 4.75. The average Bonchev–Trinajstić information content (AvgIpc) is 2.10. The van der Waals surface area contributed by atoms with Crippen LogP contribution < -0.4 is 5.73 Å². The molecule has 0 radical (unpaired) electrons. The standard InChI is InChI=1S/C11H26N2O/c1-9(2)8-13(6-7-14-5)11(4)10(3)12/h9-11H,6-8,12H2,1-5H3. The van der Waals surface area contributed by atoms with E-state index in [4.69, 9.17) is 10.5 Å². The largest absolute Gasteiger partial charge is 0.383 e.